The quantitative estimate of drug-likeness (QED) is 0.764. The highest BCUT2D eigenvalue weighted by Gasteiger charge is 2.23. The Morgan fingerprint density at radius 2 is 2.40 bits per heavy atom. The normalized spacial score (nSPS) is 19.9. The fourth-order valence-electron chi connectivity index (χ4n) is 1.73. The van der Waals surface area contributed by atoms with Crippen molar-refractivity contribution < 1.29 is 9.90 Å². The van der Waals surface area contributed by atoms with Gasteiger partial charge in [0.15, 0.2) is 5.69 Å². The molecule has 2 heterocycles. The number of carbonyl (C=O) groups is 1. The Balaban J connectivity index is 0.00000112. The lowest BCUT2D eigenvalue weighted by atomic mass is 10.2. The summed E-state index contributed by atoms with van der Waals surface area (Å²) in [6, 6.07) is 0.246. The van der Waals surface area contributed by atoms with Crippen molar-refractivity contribution in [1.82, 2.24) is 20.3 Å². The van der Waals surface area contributed by atoms with Gasteiger partial charge in [-0.15, -0.1) is 17.5 Å². The summed E-state index contributed by atoms with van der Waals surface area (Å²) < 4.78 is 1.70. The zero-order valence-electron chi connectivity index (χ0n) is 8.30. The van der Waals surface area contributed by atoms with E-state index in [4.69, 9.17) is 5.11 Å². The van der Waals surface area contributed by atoms with Crippen molar-refractivity contribution in [1.29, 1.82) is 0 Å². The number of carboxylic acids is 1. The minimum Gasteiger partial charge on any atom is -0.476 e. The molecule has 84 valence electrons. The van der Waals surface area contributed by atoms with Crippen molar-refractivity contribution in [3.8, 4) is 0 Å². The molecule has 15 heavy (non-hydrogen) atoms. The van der Waals surface area contributed by atoms with Crippen LogP contribution in [0.4, 0.5) is 0 Å². The summed E-state index contributed by atoms with van der Waals surface area (Å²) in [5.41, 5.74) is 0.683. The van der Waals surface area contributed by atoms with Crippen molar-refractivity contribution in [2.24, 2.45) is 0 Å². The van der Waals surface area contributed by atoms with E-state index in [0.717, 1.165) is 19.5 Å². The van der Waals surface area contributed by atoms with Crippen molar-refractivity contribution in [2.45, 2.75) is 19.4 Å². The van der Waals surface area contributed by atoms with E-state index in [1.54, 1.807) is 11.6 Å². The standard InChI is InChI=1S/C8H12N4O2.ClH/c1-5-7(8(13)14)10-11-12(5)6-2-3-9-4-6;/h6,9H,2-4H2,1H3,(H,13,14);1H. The predicted octanol–water partition coefficient (Wildman–Crippen LogP) is 0.241. The number of carboxylic acid groups (broad SMARTS) is 1. The number of hydrogen-bond donors (Lipinski definition) is 2. The average Bonchev–Trinajstić information content (AvgIpc) is 2.71. The Hall–Kier alpha value is -1.14. The summed E-state index contributed by atoms with van der Waals surface area (Å²) in [4.78, 5) is 10.7. The highest BCUT2D eigenvalue weighted by Crippen LogP contribution is 2.17. The molecule has 6 nitrogen and oxygen atoms in total. The van der Waals surface area contributed by atoms with Gasteiger partial charge in [-0.3, -0.25) is 0 Å². The van der Waals surface area contributed by atoms with E-state index in [9.17, 15) is 4.79 Å². The van der Waals surface area contributed by atoms with Gasteiger partial charge >= 0.3 is 5.97 Å². The molecule has 0 aromatic carbocycles. The SMILES string of the molecule is Cc1c(C(=O)O)nnn1C1CCNC1.Cl. The van der Waals surface area contributed by atoms with Crippen LogP contribution in [0.2, 0.25) is 0 Å². The molecule has 1 aliphatic heterocycles. The maximum absolute atomic E-state index is 10.7. The van der Waals surface area contributed by atoms with Gasteiger partial charge in [-0.2, -0.15) is 0 Å². The molecule has 1 unspecified atom stereocenters. The Labute approximate surface area is 93.1 Å². The topological polar surface area (TPSA) is 80.0 Å². The van der Waals surface area contributed by atoms with Gasteiger partial charge in [0.25, 0.3) is 0 Å². The maximum atomic E-state index is 10.7. The third-order valence-electron chi connectivity index (χ3n) is 2.51. The van der Waals surface area contributed by atoms with Crippen molar-refractivity contribution >= 4 is 18.4 Å². The number of halogens is 1. The number of aromatic carboxylic acids is 1. The first-order valence-electron chi connectivity index (χ1n) is 4.56. The van der Waals surface area contributed by atoms with Crippen LogP contribution in [0.25, 0.3) is 0 Å². The fourth-order valence-corrected chi connectivity index (χ4v) is 1.73. The molecule has 2 rings (SSSR count). The molecule has 0 aliphatic carbocycles. The Bertz CT molecular complexity index is 360. The van der Waals surface area contributed by atoms with Gasteiger partial charge in [0.2, 0.25) is 0 Å². The highest BCUT2D eigenvalue weighted by atomic mass is 35.5. The zero-order valence-corrected chi connectivity index (χ0v) is 9.12. The van der Waals surface area contributed by atoms with Gasteiger partial charge in [-0.05, 0) is 19.9 Å². The van der Waals surface area contributed by atoms with Crippen molar-refractivity contribution in [3.05, 3.63) is 11.4 Å². The lowest BCUT2D eigenvalue weighted by molar-refractivity contribution is 0.0689. The first-order chi connectivity index (χ1) is 6.70. The predicted molar refractivity (Wildman–Crippen MR) is 55.5 cm³/mol. The fraction of sp³-hybridized carbons (Fsp3) is 0.625. The van der Waals surface area contributed by atoms with E-state index < -0.39 is 5.97 Å². The lowest BCUT2D eigenvalue weighted by Crippen LogP contribution is -2.16. The minimum absolute atomic E-state index is 0. The van der Waals surface area contributed by atoms with Gasteiger partial charge in [0.1, 0.15) is 0 Å². The van der Waals surface area contributed by atoms with Crippen LogP contribution in [0.1, 0.15) is 28.6 Å². The van der Waals surface area contributed by atoms with Crippen molar-refractivity contribution in [2.75, 3.05) is 13.1 Å². The summed E-state index contributed by atoms with van der Waals surface area (Å²) in [6.45, 7) is 3.53. The number of aromatic nitrogens is 3. The van der Waals surface area contributed by atoms with Crippen LogP contribution in [0, 0.1) is 6.92 Å². The van der Waals surface area contributed by atoms with E-state index in [1.807, 2.05) is 0 Å². The summed E-state index contributed by atoms with van der Waals surface area (Å²) in [6.07, 6.45) is 0.975. The van der Waals surface area contributed by atoms with Crippen molar-refractivity contribution in [3.63, 3.8) is 0 Å². The molecular weight excluding hydrogens is 220 g/mol. The van der Waals surface area contributed by atoms with E-state index >= 15 is 0 Å². The number of nitrogens with one attached hydrogen (secondary N) is 1. The molecule has 1 aliphatic rings. The van der Waals surface area contributed by atoms with Gasteiger partial charge in [-0.1, -0.05) is 5.21 Å². The molecule has 1 atom stereocenters. The first-order valence-corrected chi connectivity index (χ1v) is 4.56. The summed E-state index contributed by atoms with van der Waals surface area (Å²) in [7, 11) is 0. The van der Waals surface area contributed by atoms with Crippen LogP contribution in [0.15, 0.2) is 0 Å². The summed E-state index contributed by atoms with van der Waals surface area (Å²) in [5, 5.41) is 19.5. The summed E-state index contributed by atoms with van der Waals surface area (Å²) in [5.74, 6) is -1.01. The van der Waals surface area contributed by atoms with Crippen LogP contribution in [0.5, 0.6) is 0 Å². The maximum Gasteiger partial charge on any atom is 0.358 e. The van der Waals surface area contributed by atoms with Crippen LogP contribution in [-0.2, 0) is 0 Å². The van der Waals surface area contributed by atoms with Crippen LogP contribution in [0.3, 0.4) is 0 Å². The molecular formula is C8H13ClN4O2. The number of hydrogen-bond acceptors (Lipinski definition) is 4. The zero-order chi connectivity index (χ0) is 10.1. The van der Waals surface area contributed by atoms with Gasteiger partial charge in [-0.25, -0.2) is 9.48 Å². The molecule has 1 aromatic heterocycles. The molecule has 7 heteroatoms. The third kappa shape index (κ3) is 2.10. The van der Waals surface area contributed by atoms with E-state index in [-0.39, 0.29) is 24.1 Å². The molecule has 1 aromatic rings. The highest BCUT2D eigenvalue weighted by molar-refractivity contribution is 5.86. The second-order valence-corrected chi connectivity index (χ2v) is 3.42. The van der Waals surface area contributed by atoms with Gasteiger partial charge < -0.3 is 10.4 Å². The molecule has 0 amide bonds. The Morgan fingerprint density at radius 1 is 1.67 bits per heavy atom. The van der Waals surface area contributed by atoms with Gasteiger partial charge in [0, 0.05) is 6.54 Å². The van der Waals surface area contributed by atoms with Crippen LogP contribution < -0.4 is 5.32 Å². The largest absolute Gasteiger partial charge is 0.476 e. The average molecular weight is 233 g/mol. The van der Waals surface area contributed by atoms with E-state index in [2.05, 4.69) is 15.6 Å². The van der Waals surface area contributed by atoms with Gasteiger partial charge in [0.05, 0.1) is 11.7 Å². The molecule has 0 radical (unpaired) electrons. The van der Waals surface area contributed by atoms with Crippen LogP contribution >= 0.6 is 12.4 Å². The summed E-state index contributed by atoms with van der Waals surface area (Å²) >= 11 is 0. The second kappa shape index (κ2) is 4.59. The third-order valence-corrected chi connectivity index (χ3v) is 2.51. The van der Waals surface area contributed by atoms with Crippen LogP contribution in [-0.4, -0.2) is 39.2 Å². The molecule has 0 spiro atoms. The lowest BCUT2D eigenvalue weighted by Gasteiger charge is -2.09. The molecule has 1 fully saturated rings. The molecule has 0 bridgehead atoms. The molecule has 0 saturated carbocycles. The van der Waals surface area contributed by atoms with E-state index in [0.29, 0.717) is 5.69 Å². The molecule has 2 N–H and O–H groups in total. The molecule has 1 saturated heterocycles. The number of nitrogens with zero attached hydrogens (tertiary/aromatic N) is 3. The number of rotatable bonds is 2. The first kappa shape index (κ1) is 11.9. The second-order valence-electron chi connectivity index (χ2n) is 3.42. The smallest absolute Gasteiger partial charge is 0.358 e. The minimum atomic E-state index is -1.01. The Kier molecular flexibility index (Phi) is 3.65. The Morgan fingerprint density at radius 3 is 2.87 bits per heavy atom. The monoisotopic (exact) mass is 232 g/mol. The van der Waals surface area contributed by atoms with E-state index in [1.165, 1.54) is 0 Å².